The normalized spacial score (nSPS) is 21.6. The van der Waals surface area contributed by atoms with E-state index >= 15 is 0 Å². The Morgan fingerprint density at radius 2 is 2.22 bits per heavy atom. The monoisotopic (exact) mass is 281 g/mol. The Balaban J connectivity index is 2.11. The Labute approximate surface area is 116 Å². The summed E-state index contributed by atoms with van der Waals surface area (Å²) in [6.07, 6.45) is 3.79. The second-order valence-electron chi connectivity index (χ2n) is 4.29. The number of fused-ring (bicyclic) bond motifs is 1. The maximum Gasteiger partial charge on any atom is 0.261 e. The van der Waals surface area contributed by atoms with Gasteiger partial charge in [0.05, 0.1) is 0 Å². The van der Waals surface area contributed by atoms with E-state index in [9.17, 15) is 9.90 Å². The summed E-state index contributed by atoms with van der Waals surface area (Å²) >= 11 is 6.66. The van der Waals surface area contributed by atoms with E-state index in [1.807, 2.05) is 18.4 Å². The van der Waals surface area contributed by atoms with E-state index < -0.39 is 5.60 Å². The average Bonchev–Trinajstić information content (AvgIpc) is 2.62. The molecule has 18 heavy (non-hydrogen) atoms. The zero-order valence-corrected chi connectivity index (χ0v) is 11.7. The van der Waals surface area contributed by atoms with E-state index in [-0.39, 0.29) is 5.91 Å². The number of hydrogen-bond donors (Lipinski definition) is 2. The summed E-state index contributed by atoms with van der Waals surface area (Å²) in [4.78, 5) is 11.9. The molecule has 3 nitrogen and oxygen atoms in total. The summed E-state index contributed by atoms with van der Waals surface area (Å²) in [5, 5.41) is 13.2. The van der Waals surface area contributed by atoms with E-state index in [0.29, 0.717) is 24.1 Å². The number of anilines is 1. The first-order valence-electron chi connectivity index (χ1n) is 5.78. The fraction of sp³-hybridized carbons (Fsp3) is 0.385. The molecule has 1 aromatic rings. The quantitative estimate of drug-likeness (QED) is 0.833. The number of aliphatic hydroxyl groups is 1. The number of rotatable bonds is 4. The van der Waals surface area contributed by atoms with Crippen LogP contribution in [0, 0.1) is 0 Å². The number of amides is 1. The number of carbonyl (C=O) groups is 1. The summed E-state index contributed by atoms with van der Waals surface area (Å²) in [7, 11) is 0. The average molecular weight is 281 g/mol. The molecule has 1 amide bonds. The largest absolute Gasteiger partial charge is 0.375 e. The van der Waals surface area contributed by atoms with Gasteiger partial charge >= 0.3 is 0 Å². The first-order chi connectivity index (χ1) is 8.58. The van der Waals surface area contributed by atoms with Crippen molar-refractivity contribution in [3.63, 3.8) is 0 Å². The van der Waals surface area contributed by atoms with E-state index in [1.54, 1.807) is 23.9 Å². The molecule has 2 N–H and O–H groups in total. The van der Waals surface area contributed by atoms with Gasteiger partial charge in [-0.3, -0.25) is 4.79 Å². The third-order valence-corrected chi connectivity index (χ3v) is 4.51. The highest BCUT2D eigenvalue weighted by Gasteiger charge is 2.44. The molecule has 0 fully saturated rings. The molecule has 5 heteroatoms. The van der Waals surface area contributed by atoms with Gasteiger partial charge in [0.15, 0.2) is 5.60 Å². The minimum Gasteiger partial charge on any atom is -0.375 e. The Hall–Kier alpha value is -0.910. The maximum absolute atomic E-state index is 11.9. The molecule has 0 aliphatic carbocycles. The summed E-state index contributed by atoms with van der Waals surface area (Å²) < 4.78 is 0.908. The van der Waals surface area contributed by atoms with Crippen LogP contribution < -0.4 is 5.32 Å². The van der Waals surface area contributed by atoms with Crippen molar-refractivity contribution in [2.24, 2.45) is 0 Å². The lowest BCUT2D eigenvalue weighted by Gasteiger charge is -2.20. The van der Waals surface area contributed by atoms with Crippen molar-refractivity contribution >= 4 is 39.8 Å². The molecule has 0 bridgehead atoms. The van der Waals surface area contributed by atoms with Gasteiger partial charge in [-0.25, -0.2) is 0 Å². The van der Waals surface area contributed by atoms with Gasteiger partial charge in [-0.05, 0) is 31.6 Å². The lowest BCUT2D eigenvalue weighted by molar-refractivity contribution is -0.134. The number of hydrogen-bond acceptors (Lipinski definition) is 4. The van der Waals surface area contributed by atoms with Crippen LogP contribution in [0.4, 0.5) is 5.69 Å². The molecule has 0 saturated heterocycles. The second kappa shape index (κ2) is 5.38. The van der Waals surface area contributed by atoms with E-state index in [4.69, 9.17) is 12.2 Å². The van der Waals surface area contributed by atoms with Crippen LogP contribution >= 0.6 is 24.0 Å². The molecule has 2 rings (SSSR count). The first-order valence-corrected chi connectivity index (χ1v) is 7.41. The predicted octanol–water partition coefficient (Wildman–Crippen LogP) is 2.69. The Bertz CT molecular complexity index is 490. The molecule has 1 aromatic carbocycles. The number of carbonyl (C=O) groups excluding carboxylic acids is 1. The third kappa shape index (κ3) is 2.43. The minimum absolute atomic E-state index is 0.334. The molecule has 0 aromatic heterocycles. The Morgan fingerprint density at radius 1 is 1.50 bits per heavy atom. The lowest BCUT2D eigenvalue weighted by atomic mass is 9.90. The second-order valence-corrected chi connectivity index (χ2v) is 5.94. The van der Waals surface area contributed by atoms with Crippen LogP contribution in [0.25, 0.3) is 0 Å². The fourth-order valence-electron chi connectivity index (χ4n) is 2.14. The highest BCUT2D eigenvalue weighted by atomic mass is 32.2. The molecule has 1 aliphatic rings. The fourth-order valence-corrected chi connectivity index (χ4v) is 2.63. The van der Waals surface area contributed by atoms with E-state index in [1.165, 1.54) is 0 Å². The first kappa shape index (κ1) is 13.5. The van der Waals surface area contributed by atoms with Gasteiger partial charge in [0.2, 0.25) is 0 Å². The van der Waals surface area contributed by atoms with Gasteiger partial charge < -0.3 is 10.4 Å². The molecular weight excluding hydrogens is 266 g/mol. The summed E-state index contributed by atoms with van der Waals surface area (Å²) in [5.74, 6) is -0.334. The van der Waals surface area contributed by atoms with Gasteiger partial charge in [-0.1, -0.05) is 30.4 Å². The van der Waals surface area contributed by atoms with Crippen LogP contribution in [0.2, 0.25) is 0 Å². The van der Waals surface area contributed by atoms with Crippen LogP contribution in [-0.2, 0) is 10.4 Å². The minimum atomic E-state index is -1.40. The van der Waals surface area contributed by atoms with E-state index in [2.05, 4.69) is 5.32 Å². The summed E-state index contributed by atoms with van der Waals surface area (Å²) in [6, 6.07) is 7.27. The number of para-hydroxylation sites is 1. The molecule has 1 heterocycles. The van der Waals surface area contributed by atoms with Crippen molar-refractivity contribution in [1.29, 1.82) is 0 Å². The van der Waals surface area contributed by atoms with Gasteiger partial charge in [-0.15, -0.1) is 11.8 Å². The van der Waals surface area contributed by atoms with Crippen molar-refractivity contribution in [2.45, 2.75) is 24.9 Å². The smallest absolute Gasteiger partial charge is 0.261 e. The topological polar surface area (TPSA) is 49.3 Å². The van der Waals surface area contributed by atoms with Crippen LogP contribution in [0.15, 0.2) is 24.3 Å². The van der Waals surface area contributed by atoms with Crippen molar-refractivity contribution in [3.8, 4) is 0 Å². The number of thiocarbonyl (C=S) groups is 1. The number of thioether (sulfide) groups is 1. The molecule has 1 aliphatic heterocycles. The van der Waals surface area contributed by atoms with Crippen molar-refractivity contribution < 1.29 is 9.90 Å². The van der Waals surface area contributed by atoms with Crippen LogP contribution in [-0.4, -0.2) is 21.5 Å². The highest BCUT2D eigenvalue weighted by Crippen LogP contribution is 2.39. The Morgan fingerprint density at radius 3 is 2.94 bits per heavy atom. The van der Waals surface area contributed by atoms with Crippen molar-refractivity contribution in [1.82, 2.24) is 0 Å². The van der Waals surface area contributed by atoms with Crippen molar-refractivity contribution in [3.05, 3.63) is 29.8 Å². The van der Waals surface area contributed by atoms with Crippen molar-refractivity contribution in [2.75, 3.05) is 11.6 Å². The standard InChI is InChI=1S/C13H15NO2S2/c1-18-11(17)7-4-8-13(16)9-5-2-3-6-10(9)14-12(13)15/h2-3,5-6,16H,4,7-8H2,1H3,(H,14,15)/t13-/m1/s1. The van der Waals surface area contributed by atoms with Crippen LogP contribution in [0.5, 0.6) is 0 Å². The molecule has 0 radical (unpaired) electrons. The van der Waals surface area contributed by atoms with Gasteiger partial charge in [0.1, 0.15) is 0 Å². The number of nitrogens with one attached hydrogen (secondary N) is 1. The lowest BCUT2D eigenvalue weighted by Crippen LogP contribution is -2.34. The predicted molar refractivity (Wildman–Crippen MR) is 78.9 cm³/mol. The summed E-state index contributed by atoms with van der Waals surface area (Å²) in [5.41, 5.74) is -0.0209. The Kier molecular flexibility index (Phi) is 4.04. The van der Waals surface area contributed by atoms with Crippen LogP contribution in [0.1, 0.15) is 24.8 Å². The van der Waals surface area contributed by atoms with E-state index in [0.717, 1.165) is 10.6 Å². The van der Waals surface area contributed by atoms with Gasteiger partial charge in [0.25, 0.3) is 5.91 Å². The molecule has 96 valence electrons. The number of benzene rings is 1. The molecular formula is C13H15NO2S2. The SMILES string of the molecule is CSC(=S)CCC[C@]1(O)C(=O)Nc2ccccc21. The highest BCUT2D eigenvalue weighted by molar-refractivity contribution is 8.22. The zero-order valence-electron chi connectivity index (χ0n) is 10.1. The van der Waals surface area contributed by atoms with Gasteiger partial charge in [0, 0.05) is 15.4 Å². The third-order valence-electron chi connectivity index (χ3n) is 3.14. The van der Waals surface area contributed by atoms with Crippen LogP contribution in [0.3, 0.4) is 0 Å². The summed E-state index contributed by atoms with van der Waals surface area (Å²) in [6.45, 7) is 0. The molecule has 0 spiro atoms. The maximum atomic E-state index is 11.9. The molecule has 0 saturated carbocycles. The molecule has 1 atom stereocenters. The molecule has 0 unspecified atom stereocenters. The van der Waals surface area contributed by atoms with Gasteiger partial charge in [-0.2, -0.15) is 0 Å². The zero-order chi connectivity index (χ0) is 13.2.